The maximum Gasteiger partial charge on any atom is 0.410 e. The maximum absolute atomic E-state index is 12.6. The Morgan fingerprint density at radius 3 is 2.73 bits per heavy atom. The number of piperidine rings is 1. The second-order valence-corrected chi connectivity index (χ2v) is 7.76. The second-order valence-electron chi connectivity index (χ2n) is 7.37. The van der Waals surface area contributed by atoms with Crippen molar-refractivity contribution in [2.75, 3.05) is 19.6 Å². The molecule has 0 bridgehead atoms. The van der Waals surface area contributed by atoms with E-state index < -0.39 is 17.4 Å². The van der Waals surface area contributed by atoms with Gasteiger partial charge < -0.3 is 9.64 Å². The molecule has 0 saturated carbocycles. The molecule has 2 aliphatic heterocycles. The molecule has 1 N–H and O–H groups in total. The molecular weight excluding hydrogens is 354 g/mol. The zero-order valence-electron chi connectivity index (χ0n) is 15.4. The third-order valence-corrected chi connectivity index (χ3v) is 4.33. The van der Waals surface area contributed by atoms with Crippen LogP contribution in [0.5, 0.6) is 0 Å². The fourth-order valence-electron chi connectivity index (χ4n) is 2.88. The molecule has 0 aliphatic carbocycles. The van der Waals surface area contributed by atoms with Crippen LogP contribution in [0.3, 0.4) is 0 Å². The molecule has 2 rings (SSSR count). The number of ether oxygens (including phenoxy) is 1. The Labute approximate surface area is 159 Å². The van der Waals surface area contributed by atoms with Crippen LogP contribution in [0.2, 0.25) is 0 Å². The highest BCUT2D eigenvalue weighted by atomic mass is 32.1. The number of carbonyl (C=O) groups is 3. The zero-order chi connectivity index (χ0) is 19.5. The lowest BCUT2D eigenvalue weighted by atomic mass is 9.94. The van der Waals surface area contributed by atoms with Crippen molar-refractivity contribution in [1.82, 2.24) is 15.1 Å². The fourth-order valence-corrected chi connectivity index (χ4v) is 3.13. The van der Waals surface area contributed by atoms with E-state index in [1.54, 1.807) is 17.1 Å². The summed E-state index contributed by atoms with van der Waals surface area (Å²) < 4.78 is 5.40. The Kier molecular flexibility index (Phi) is 6.17. The minimum absolute atomic E-state index is 0.0523. The quantitative estimate of drug-likeness (QED) is 0.351. The van der Waals surface area contributed by atoms with Crippen LogP contribution in [0.25, 0.3) is 0 Å². The first-order valence-corrected chi connectivity index (χ1v) is 9.01. The van der Waals surface area contributed by atoms with E-state index in [4.69, 9.17) is 17.0 Å². The third-order valence-electron chi connectivity index (χ3n) is 4.01. The van der Waals surface area contributed by atoms with Crippen LogP contribution in [-0.2, 0) is 14.3 Å². The average molecular weight is 379 g/mol. The lowest BCUT2D eigenvalue weighted by molar-refractivity contribution is -0.128. The summed E-state index contributed by atoms with van der Waals surface area (Å²) in [6, 6.07) is 0. The molecule has 0 spiro atoms. The molecule has 26 heavy (non-hydrogen) atoms. The van der Waals surface area contributed by atoms with E-state index in [1.807, 2.05) is 20.8 Å². The van der Waals surface area contributed by atoms with Crippen LogP contribution in [0.4, 0.5) is 4.79 Å². The molecule has 7 nitrogen and oxygen atoms in total. The molecule has 8 heteroatoms. The molecule has 2 fully saturated rings. The minimum atomic E-state index is -0.567. The second kappa shape index (κ2) is 7.99. The lowest BCUT2D eigenvalue weighted by Crippen LogP contribution is -2.54. The number of hydrogen-bond donors (Lipinski definition) is 1. The highest BCUT2D eigenvalue weighted by molar-refractivity contribution is 7.80. The Morgan fingerprint density at radius 1 is 1.42 bits per heavy atom. The van der Waals surface area contributed by atoms with Crippen LogP contribution < -0.4 is 5.32 Å². The summed E-state index contributed by atoms with van der Waals surface area (Å²) in [5.41, 5.74) is -0.515. The molecule has 2 heterocycles. The number of likely N-dealkylation sites (tertiary alicyclic amines) is 1. The first-order valence-electron chi connectivity index (χ1n) is 8.60. The number of carbonyl (C=O) groups excluding carboxylic acids is 3. The molecule has 2 saturated heterocycles. The van der Waals surface area contributed by atoms with E-state index in [0.29, 0.717) is 13.1 Å². The fraction of sp³-hybridized carbons (Fsp3) is 0.556. The summed E-state index contributed by atoms with van der Waals surface area (Å²) in [4.78, 5) is 39.9. The van der Waals surface area contributed by atoms with E-state index in [2.05, 4.69) is 11.9 Å². The van der Waals surface area contributed by atoms with Gasteiger partial charge in [-0.25, -0.2) is 4.79 Å². The first-order chi connectivity index (χ1) is 12.1. The van der Waals surface area contributed by atoms with Crippen molar-refractivity contribution in [3.8, 4) is 0 Å². The van der Waals surface area contributed by atoms with Crippen molar-refractivity contribution in [3.63, 3.8) is 0 Å². The van der Waals surface area contributed by atoms with Gasteiger partial charge in [-0.05, 0) is 51.7 Å². The highest BCUT2D eigenvalue weighted by Gasteiger charge is 2.34. The molecule has 0 aromatic heterocycles. The van der Waals surface area contributed by atoms with Crippen LogP contribution >= 0.6 is 12.2 Å². The van der Waals surface area contributed by atoms with Gasteiger partial charge in [-0.1, -0.05) is 12.2 Å². The van der Waals surface area contributed by atoms with E-state index in [0.717, 1.165) is 12.8 Å². The highest BCUT2D eigenvalue weighted by Crippen LogP contribution is 2.23. The van der Waals surface area contributed by atoms with Crippen LogP contribution in [-0.4, -0.2) is 58.1 Å². The smallest absolute Gasteiger partial charge is 0.410 e. The van der Waals surface area contributed by atoms with Crippen molar-refractivity contribution in [2.24, 2.45) is 5.92 Å². The summed E-state index contributed by atoms with van der Waals surface area (Å²) in [5.74, 6) is -1.04. The van der Waals surface area contributed by atoms with Crippen molar-refractivity contribution >= 4 is 35.2 Å². The van der Waals surface area contributed by atoms with Crippen LogP contribution in [0.1, 0.15) is 33.6 Å². The molecule has 0 radical (unpaired) electrons. The minimum Gasteiger partial charge on any atom is -0.444 e. The number of amides is 3. The molecule has 1 atom stereocenters. The van der Waals surface area contributed by atoms with Gasteiger partial charge in [-0.15, -0.1) is 6.58 Å². The van der Waals surface area contributed by atoms with E-state index >= 15 is 0 Å². The lowest BCUT2D eigenvalue weighted by Gasteiger charge is -2.34. The molecule has 3 amide bonds. The van der Waals surface area contributed by atoms with Gasteiger partial charge in [0.25, 0.3) is 11.8 Å². The number of hydrogen-bond acceptors (Lipinski definition) is 5. The number of thiocarbonyl (C=S) groups is 1. The maximum atomic E-state index is 12.6. The summed E-state index contributed by atoms with van der Waals surface area (Å²) >= 11 is 5.04. The van der Waals surface area contributed by atoms with Crippen molar-refractivity contribution < 1.29 is 19.1 Å². The van der Waals surface area contributed by atoms with Gasteiger partial charge in [0, 0.05) is 19.6 Å². The standard InChI is InChI=1S/C18H25N3O4S/c1-5-8-21-15(23)13(14(22)19-16(21)26)10-12-7-6-9-20(11-12)17(24)25-18(2,3)4/h5,10,12H,1,6-9,11H2,2-4H3,(H,19,22,26)/b13-10+. The average Bonchev–Trinajstić information content (AvgIpc) is 2.54. The Hall–Kier alpha value is -2.22. The predicted molar refractivity (Wildman–Crippen MR) is 101 cm³/mol. The van der Waals surface area contributed by atoms with E-state index in [9.17, 15) is 14.4 Å². The molecule has 0 aromatic carbocycles. The third kappa shape index (κ3) is 4.91. The zero-order valence-corrected chi connectivity index (χ0v) is 16.2. The summed E-state index contributed by atoms with van der Waals surface area (Å²) in [6.07, 6.45) is 4.37. The summed E-state index contributed by atoms with van der Waals surface area (Å²) in [6.45, 7) is 10.3. The first kappa shape index (κ1) is 20.1. The SMILES string of the molecule is C=CCN1C(=O)/C(=C/C2CCCN(C(=O)OC(C)(C)C)C2)C(=O)NC1=S. The Bertz CT molecular complexity index is 666. The number of nitrogens with one attached hydrogen (secondary N) is 1. The van der Waals surface area contributed by atoms with E-state index in [-0.39, 0.29) is 29.2 Å². The van der Waals surface area contributed by atoms with Gasteiger partial charge in [0.2, 0.25) is 0 Å². The molecular formula is C18H25N3O4S. The molecule has 0 aromatic rings. The van der Waals surface area contributed by atoms with Gasteiger partial charge in [0.15, 0.2) is 5.11 Å². The Morgan fingerprint density at radius 2 is 2.12 bits per heavy atom. The summed E-state index contributed by atoms with van der Waals surface area (Å²) in [7, 11) is 0. The molecule has 1 unspecified atom stereocenters. The normalized spacial score (nSPS) is 23.1. The topological polar surface area (TPSA) is 79.0 Å². The van der Waals surface area contributed by atoms with Gasteiger partial charge in [-0.2, -0.15) is 0 Å². The predicted octanol–water partition coefficient (Wildman–Crippen LogP) is 1.99. The van der Waals surface area contributed by atoms with Crippen molar-refractivity contribution in [3.05, 3.63) is 24.3 Å². The monoisotopic (exact) mass is 379 g/mol. The van der Waals surface area contributed by atoms with Gasteiger partial charge in [0.1, 0.15) is 11.2 Å². The van der Waals surface area contributed by atoms with Crippen LogP contribution in [0, 0.1) is 5.92 Å². The number of rotatable bonds is 3. The van der Waals surface area contributed by atoms with Gasteiger partial charge >= 0.3 is 6.09 Å². The van der Waals surface area contributed by atoms with Gasteiger partial charge in [0.05, 0.1) is 0 Å². The van der Waals surface area contributed by atoms with E-state index in [1.165, 1.54) is 4.90 Å². The largest absolute Gasteiger partial charge is 0.444 e. The van der Waals surface area contributed by atoms with Gasteiger partial charge in [-0.3, -0.25) is 19.8 Å². The summed E-state index contributed by atoms with van der Waals surface area (Å²) in [5, 5.41) is 2.61. The molecule has 2 aliphatic rings. The number of nitrogens with zero attached hydrogens (tertiary/aromatic N) is 2. The van der Waals surface area contributed by atoms with Crippen molar-refractivity contribution in [2.45, 2.75) is 39.2 Å². The van der Waals surface area contributed by atoms with Crippen molar-refractivity contribution in [1.29, 1.82) is 0 Å². The molecule has 142 valence electrons. The van der Waals surface area contributed by atoms with Crippen LogP contribution in [0.15, 0.2) is 24.3 Å². The Balaban J connectivity index is 2.13.